The highest BCUT2D eigenvalue weighted by molar-refractivity contribution is 7.26. The Kier molecular flexibility index (Phi) is 7.61. The minimum Gasteiger partial charge on any atom is -0.310 e. The molecule has 11 aromatic rings. The van der Waals surface area contributed by atoms with Gasteiger partial charge in [0, 0.05) is 57.4 Å². The highest BCUT2D eigenvalue weighted by Crippen LogP contribution is 2.43. The van der Waals surface area contributed by atoms with Crippen LogP contribution in [-0.2, 0) is 0 Å². The van der Waals surface area contributed by atoms with E-state index in [9.17, 15) is 0 Å². The fraction of sp³-hybridized carbons (Fsp3) is 0. The summed E-state index contributed by atoms with van der Waals surface area (Å²) in [4.78, 5) is 2.39. The summed E-state index contributed by atoms with van der Waals surface area (Å²) < 4.78 is 5.30. The predicted molar refractivity (Wildman–Crippen MR) is 241 cm³/mol. The van der Waals surface area contributed by atoms with Gasteiger partial charge >= 0.3 is 0 Å². The first-order valence-electron chi connectivity index (χ1n) is 18.7. The Hall–Kier alpha value is -6.52. The summed E-state index contributed by atoms with van der Waals surface area (Å²) in [5.41, 5.74) is 10.7. The third-order valence-electron chi connectivity index (χ3n) is 10.9. The van der Waals surface area contributed by atoms with Crippen molar-refractivity contribution in [3.63, 3.8) is 0 Å². The number of anilines is 3. The van der Waals surface area contributed by atoms with E-state index in [1.54, 1.807) is 0 Å². The topological polar surface area (TPSA) is 3.24 Å². The molecule has 0 saturated carbocycles. The molecule has 0 radical (unpaired) electrons. The molecule has 0 fully saturated rings. The van der Waals surface area contributed by atoms with Crippen LogP contribution in [0.2, 0.25) is 0 Å². The van der Waals surface area contributed by atoms with Crippen molar-refractivity contribution in [1.82, 2.24) is 0 Å². The SMILES string of the molecule is c1cc(-c2cccc3c2sc2ccccc23)cc(N(c2ccc(-c3ccc4sc5ccccc5c4c3)cc2)c2ccc(-c3cccc4ccccc34)cc2)c1. The van der Waals surface area contributed by atoms with Crippen molar-refractivity contribution in [2.24, 2.45) is 0 Å². The number of hydrogen-bond acceptors (Lipinski definition) is 3. The van der Waals surface area contributed by atoms with E-state index in [-0.39, 0.29) is 0 Å². The Morgan fingerprint density at radius 2 is 0.855 bits per heavy atom. The zero-order valence-corrected chi connectivity index (χ0v) is 31.4. The standard InChI is InChI=1S/C52H33NS2/c1-2-14-42-35(10-1)11-8-17-43(42)36-24-29-40(30-25-36)53(39-27-22-34(23-28-39)37-26-31-51-48(33-37)46-16-4-5-20-49(46)54-51)41-13-7-12-38(32-41)44-18-9-19-47-45-15-3-6-21-50(45)55-52(44)47/h1-33H. The smallest absolute Gasteiger partial charge is 0.0467 e. The van der Waals surface area contributed by atoms with E-state index in [4.69, 9.17) is 0 Å². The minimum atomic E-state index is 1.11. The van der Waals surface area contributed by atoms with Crippen LogP contribution in [0.15, 0.2) is 200 Å². The van der Waals surface area contributed by atoms with Gasteiger partial charge in [0.2, 0.25) is 0 Å². The van der Waals surface area contributed by atoms with E-state index >= 15 is 0 Å². The lowest BCUT2D eigenvalue weighted by Crippen LogP contribution is -2.10. The summed E-state index contributed by atoms with van der Waals surface area (Å²) in [6.45, 7) is 0. The van der Waals surface area contributed by atoms with Gasteiger partial charge in [0.15, 0.2) is 0 Å². The first-order chi connectivity index (χ1) is 27.2. The van der Waals surface area contributed by atoms with Crippen molar-refractivity contribution < 1.29 is 0 Å². The number of thiophene rings is 2. The maximum absolute atomic E-state index is 2.39. The van der Waals surface area contributed by atoms with Gasteiger partial charge in [0.1, 0.15) is 0 Å². The van der Waals surface area contributed by atoms with Crippen LogP contribution in [0.4, 0.5) is 17.1 Å². The number of nitrogens with zero attached hydrogens (tertiary/aromatic N) is 1. The molecule has 0 saturated heterocycles. The summed E-state index contributed by atoms with van der Waals surface area (Å²) in [5, 5.41) is 7.80. The highest BCUT2D eigenvalue weighted by Gasteiger charge is 2.17. The molecule has 0 aliphatic rings. The van der Waals surface area contributed by atoms with Crippen LogP contribution >= 0.6 is 22.7 Å². The fourth-order valence-electron chi connectivity index (χ4n) is 8.21. The Balaban J connectivity index is 1.03. The molecular formula is C52H33NS2. The lowest BCUT2D eigenvalue weighted by atomic mass is 9.98. The molecule has 0 unspecified atom stereocenters. The zero-order valence-electron chi connectivity index (χ0n) is 29.8. The monoisotopic (exact) mass is 735 g/mol. The van der Waals surface area contributed by atoms with Crippen LogP contribution in [0.3, 0.4) is 0 Å². The summed E-state index contributed by atoms with van der Waals surface area (Å²) in [7, 11) is 0. The van der Waals surface area contributed by atoms with Gasteiger partial charge in [0.05, 0.1) is 0 Å². The normalized spacial score (nSPS) is 11.6. The van der Waals surface area contributed by atoms with Gasteiger partial charge < -0.3 is 4.90 Å². The van der Waals surface area contributed by atoms with E-state index in [1.165, 1.54) is 84.5 Å². The van der Waals surface area contributed by atoms with E-state index in [0.29, 0.717) is 0 Å². The van der Waals surface area contributed by atoms with Crippen LogP contribution < -0.4 is 4.90 Å². The van der Waals surface area contributed by atoms with E-state index in [0.717, 1.165) is 17.1 Å². The zero-order chi connectivity index (χ0) is 36.3. The second-order valence-corrected chi connectivity index (χ2v) is 16.2. The molecule has 0 aliphatic carbocycles. The average molecular weight is 736 g/mol. The summed E-state index contributed by atoms with van der Waals surface area (Å²) in [6, 6.07) is 73.4. The van der Waals surface area contributed by atoms with E-state index in [2.05, 4.69) is 205 Å². The van der Waals surface area contributed by atoms with Gasteiger partial charge in [0.25, 0.3) is 0 Å². The molecule has 11 rings (SSSR count). The van der Waals surface area contributed by atoms with Gasteiger partial charge in [-0.15, -0.1) is 22.7 Å². The van der Waals surface area contributed by atoms with Crippen molar-refractivity contribution in [1.29, 1.82) is 0 Å². The molecule has 55 heavy (non-hydrogen) atoms. The van der Waals surface area contributed by atoms with Crippen molar-refractivity contribution >= 4 is 90.9 Å². The molecule has 0 spiro atoms. The van der Waals surface area contributed by atoms with Crippen molar-refractivity contribution in [3.05, 3.63) is 200 Å². The molecule has 0 aliphatic heterocycles. The number of benzene rings is 9. The van der Waals surface area contributed by atoms with Crippen molar-refractivity contribution in [2.45, 2.75) is 0 Å². The van der Waals surface area contributed by atoms with Crippen LogP contribution in [0, 0.1) is 0 Å². The Morgan fingerprint density at radius 1 is 0.291 bits per heavy atom. The molecule has 9 aromatic carbocycles. The first-order valence-corrected chi connectivity index (χ1v) is 20.3. The summed E-state index contributed by atoms with van der Waals surface area (Å²) >= 11 is 3.74. The van der Waals surface area contributed by atoms with Gasteiger partial charge in [-0.1, -0.05) is 140 Å². The predicted octanol–water partition coefficient (Wildman–Crippen LogP) is 16.0. The first kappa shape index (κ1) is 32.0. The maximum atomic E-state index is 2.39. The van der Waals surface area contributed by atoms with Crippen LogP contribution in [0.1, 0.15) is 0 Å². The van der Waals surface area contributed by atoms with Crippen LogP contribution in [0.25, 0.3) is 84.5 Å². The van der Waals surface area contributed by atoms with Crippen molar-refractivity contribution in [2.75, 3.05) is 4.90 Å². The van der Waals surface area contributed by atoms with E-state index in [1.807, 2.05) is 22.7 Å². The molecule has 258 valence electrons. The molecule has 0 atom stereocenters. The van der Waals surface area contributed by atoms with Crippen LogP contribution in [-0.4, -0.2) is 0 Å². The Morgan fingerprint density at radius 3 is 1.65 bits per heavy atom. The third-order valence-corrected chi connectivity index (χ3v) is 13.3. The second kappa shape index (κ2) is 13.1. The molecule has 3 heteroatoms. The number of rotatable bonds is 6. The third kappa shape index (κ3) is 5.51. The van der Waals surface area contributed by atoms with Crippen molar-refractivity contribution in [3.8, 4) is 33.4 Å². The van der Waals surface area contributed by atoms with Gasteiger partial charge in [-0.3, -0.25) is 0 Å². The fourth-order valence-corrected chi connectivity index (χ4v) is 10.5. The van der Waals surface area contributed by atoms with Gasteiger partial charge in [-0.2, -0.15) is 0 Å². The van der Waals surface area contributed by atoms with Gasteiger partial charge in [-0.25, -0.2) is 0 Å². The lowest BCUT2D eigenvalue weighted by molar-refractivity contribution is 1.28. The maximum Gasteiger partial charge on any atom is 0.0467 e. The molecule has 0 bridgehead atoms. The quantitative estimate of drug-likeness (QED) is 0.164. The molecule has 2 heterocycles. The van der Waals surface area contributed by atoms with Crippen LogP contribution in [0.5, 0.6) is 0 Å². The minimum absolute atomic E-state index is 1.11. The Labute approximate surface area is 327 Å². The number of hydrogen-bond donors (Lipinski definition) is 0. The molecular weight excluding hydrogens is 703 g/mol. The summed E-state index contributed by atoms with van der Waals surface area (Å²) in [6.07, 6.45) is 0. The lowest BCUT2D eigenvalue weighted by Gasteiger charge is -2.26. The molecule has 0 N–H and O–H groups in total. The second-order valence-electron chi connectivity index (χ2n) is 14.1. The molecule has 1 nitrogen and oxygen atoms in total. The van der Waals surface area contributed by atoms with E-state index < -0.39 is 0 Å². The Bertz CT molecular complexity index is 3200. The molecule has 0 amide bonds. The highest BCUT2D eigenvalue weighted by atomic mass is 32.1. The van der Waals surface area contributed by atoms with Gasteiger partial charge in [-0.05, 0) is 105 Å². The molecule has 2 aromatic heterocycles. The average Bonchev–Trinajstić information content (AvgIpc) is 3.83. The number of fused-ring (bicyclic) bond motifs is 7. The summed E-state index contributed by atoms with van der Waals surface area (Å²) in [5.74, 6) is 0. The largest absolute Gasteiger partial charge is 0.310 e.